The van der Waals surface area contributed by atoms with Gasteiger partial charge in [-0.1, -0.05) is 6.92 Å². The van der Waals surface area contributed by atoms with Crippen LogP contribution in [0.4, 0.5) is 17.4 Å². The third-order valence-corrected chi connectivity index (χ3v) is 8.07. The van der Waals surface area contributed by atoms with Gasteiger partial charge in [0.2, 0.25) is 10.0 Å². The number of halogens is 2. The highest BCUT2D eigenvalue weighted by atomic mass is 79.9. The topological polar surface area (TPSA) is 122 Å². The van der Waals surface area contributed by atoms with Gasteiger partial charge in [0.25, 0.3) is 11.9 Å². The zero-order valence-corrected chi connectivity index (χ0v) is 19.5. The minimum atomic E-state index is -3.33. The van der Waals surface area contributed by atoms with E-state index in [0.29, 0.717) is 42.2 Å². The fourth-order valence-corrected chi connectivity index (χ4v) is 5.47. The van der Waals surface area contributed by atoms with E-state index in [1.807, 2.05) is 25.1 Å². The summed E-state index contributed by atoms with van der Waals surface area (Å²) < 4.78 is 32.1. The maximum Gasteiger partial charge on any atom is 0.292 e. The van der Waals surface area contributed by atoms with Crippen LogP contribution in [0.3, 0.4) is 0 Å². The van der Waals surface area contributed by atoms with Crippen LogP contribution in [0.5, 0.6) is 0 Å². The van der Waals surface area contributed by atoms with Gasteiger partial charge in [0.05, 0.1) is 11.4 Å². The summed E-state index contributed by atoms with van der Waals surface area (Å²) in [5.41, 5.74) is 6.92. The Morgan fingerprint density at radius 2 is 2.07 bits per heavy atom. The van der Waals surface area contributed by atoms with Gasteiger partial charge in [-0.15, -0.1) is 11.6 Å². The van der Waals surface area contributed by atoms with Crippen molar-refractivity contribution >= 4 is 60.9 Å². The summed E-state index contributed by atoms with van der Waals surface area (Å²) in [6.45, 7) is 3.71. The van der Waals surface area contributed by atoms with E-state index in [1.165, 1.54) is 10.6 Å². The van der Waals surface area contributed by atoms with Crippen molar-refractivity contribution in [2.24, 2.45) is 5.92 Å². The smallest absolute Gasteiger partial charge is 0.292 e. The van der Waals surface area contributed by atoms with Crippen LogP contribution >= 0.6 is 27.5 Å². The normalized spacial score (nSPS) is 16.4. The van der Waals surface area contributed by atoms with E-state index < -0.39 is 15.9 Å². The summed E-state index contributed by atoms with van der Waals surface area (Å²) in [5, 5.41) is 2.77. The van der Waals surface area contributed by atoms with Crippen molar-refractivity contribution in [1.29, 1.82) is 0 Å². The van der Waals surface area contributed by atoms with Crippen molar-refractivity contribution in [1.82, 2.24) is 9.29 Å². The number of nitrogens with zero attached hydrogens (tertiary/aromatic N) is 3. The molecule has 1 aromatic carbocycles. The number of carbonyl (C=O) groups is 1. The van der Waals surface area contributed by atoms with Gasteiger partial charge in [-0.05, 0) is 40.0 Å². The van der Waals surface area contributed by atoms with Crippen molar-refractivity contribution < 1.29 is 17.6 Å². The molecule has 1 aliphatic heterocycles. The van der Waals surface area contributed by atoms with E-state index in [1.54, 1.807) is 0 Å². The SMILES string of the molecule is CC(CCl)CS(=O)(=O)N1CCN(c2ccc(Br)c(NC(=O)c3coc(N)n3)c2)CC1. The minimum absolute atomic E-state index is 0.0531. The van der Waals surface area contributed by atoms with Crippen LogP contribution in [0.1, 0.15) is 17.4 Å². The van der Waals surface area contributed by atoms with Crippen molar-refractivity contribution in [2.45, 2.75) is 6.92 Å². The Balaban J connectivity index is 1.66. The van der Waals surface area contributed by atoms with Gasteiger partial charge in [0, 0.05) is 42.2 Å². The number of hydrogen-bond acceptors (Lipinski definition) is 7. The molecule has 0 radical (unpaired) electrons. The molecule has 0 spiro atoms. The molecule has 1 aromatic heterocycles. The number of amides is 1. The van der Waals surface area contributed by atoms with Crippen molar-refractivity contribution in [3.63, 3.8) is 0 Å². The fraction of sp³-hybridized carbons (Fsp3) is 0.444. The molecule has 2 heterocycles. The van der Waals surface area contributed by atoms with Crippen LogP contribution in [0.25, 0.3) is 0 Å². The van der Waals surface area contributed by atoms with Crippen LogP contribution in [0.15, 0.2) is 33.4 Å². The zero-order valence-electron chi connectivity index (χ0n) is 16.3. The number of piperazine rings is 1. The maximum atomic E-state index is 12.5. The second kappa shape index (κ2) is 9.54. The number of carbonyl (C=O) groups excluding carboxylic acids is 1. The number of nitrogens with one attached hydrogen (secondary N) is 1. The van der Waals surface area contributed by atoms with E-state index in [9.17, 15) is 13.2 Å². The number of hydrogen-bond donors (Lipinski definition) is 2. The molecule has 3 rings (SSSR count). The number of sulfonamides is 1. The Labute approximate surface area is 188 Å². The monoisotopic (exact) mass is 519 g/mol. The molecule has 9 nitrogen and oxygen atoms in total. The minimum Gasteiger partial charge on any atom is -0.431 e. The molecule has 0 aliphatic carbocycles. The highest BCUT2D eigenvalue weighted by molar-refractivity contribution is 9.10. The lowest BCUT2D eigenvalue weighted by Crippen LogP contribution is -2.49. The molecular formula is C18H23BrClN5O4S. The summed E-state index contributed by atoms with van der Waals surface area (Å²) in [4.78, 5) is 18.2. The Bertz CT molecular complexity index is 1010. The molecule has 1 atom stereocenters. The first-order valence-corrected chi connectivity index (χ1v) is 12.2. The molecule has 1 fully saturated rings. The summed E-state index contributed by atoms with van der Waals surface area (Å²) in [5.74, 6) is -0.171. The molecule has 164 valence electrons. The maximum absolute atomic E-state index is 12.5. The Morgan fingerprint density at radius 1 is 1.37 bits per heavy atom. The molecule has 12 heteroatoms. The predicted octanol–water partition coefficient (Wildman–Crippen LogP) is 2.60. The number of oxazole rings is 1. The summed E-state index contributed by atoms with van der Waals surface area (Å²) >= 11 is 9.19. The predicted molar refractivity (Wildman–Crippen MR) is 120 cm³/mol. The fourth-order valence-electron chi connectivity index (χ4n) is 3.12. The van der Waals surface area contributed by atoms with E-state index in [-0.39, 0.29) is 23.4 Å². The Hall–Kier alpha value is -1.82. The third kappa shape index (κ3) is 5.45. The Kier molecular flexibility index (Phi) is 7.27. The van der Waals surface area contributed by atoms with Gasteiger partial charge in [-0.2, -0.15) is 9.29 Å². The van der Waals surface area contributed by atoms with Crippen LogP contribution in [-0.2, 0) is 10.0 Å². The third-order valence-electron chi connectivity index (χ3n) is 4.71. The molecule has 1 aliphatic rings. The molecule has 1 unspecified atom stereocenters. The lowest BCUT2D eigenvalue weighted by molar-refractivity contribution is 0.102. The molecular weight excluding hydrogens is 498 g/mol. The number of anilines is 3. The summed E-state index contributed by atoms with van der Waals surface area (Å²) in [6, 6.07) is 5.48. The van der Waals surface area contributed by atoms with E-state index in [0.717, 1.165) is 5.69 Å². The van der Waals surface area contributed by atoms with Crippen LogP contribution in [0, 0.1) is 5.92 Å². The highest BCUT2D eigenvalue weighted by Crippen LogP contribution is 2.29. The molecule has 3 N–H and O–H groups in total. The first-order valence-electron chi connectivity index (χ1n) is 9.30. The number of aromatic nitrogens is 1. The van der Waals surface area contributed by atoms with E-state index in [4.69, 9.17) is 21.8 Å². The zero-order chi connectivity index (χ0) is 21.9. The average molecular weight is 521 g/mol. The first kappa shape index (κ1) is 22.9. The van der Waals surface area contributed by atoms with Crippen molar-refractivity contribution in [2.75, 3.05) is 53.8 Å². The first-order chi connectivity index (χ1) is 14.2. The number of rotatable bonds is 7. The molecule has 30 heavy (non-hydrogen) atoms. The number of alkyl halides is 1. The molecule has 1 saturated heterocycles. The van der Waals surface area contributed by atoms with Gasteiger partial charge in [-0.25, -0.2) is 8.42 Å². The quantitative estimate of drug-likeness (QED) is 0.538. The molecule has 0 saturated carbocycles. The van der Waals surface area contributed by atoms with Crippen LogP contribution in [-0.4, -0.2) is 61.4 Å². The van der Waals surface area contributed by atoms with E-state index >= 15 is 0 Å². The molecule has 1 amide bonds. The average Bonchev–Trinajstić information content (AvgIpc) is 3.16. The Morgan fingerprint density at radius 3 is 2.67 bits per heavy atom. The number of nitrogens with two attached hydrogens (primary N) is 1. The molecule has 0 bridgehead atoms. The van der Waals surface area contributed by atoms with E-state index in [2.05, 4.69) is 31.1 Å². The van der Waals surface area contributed by atoms with Crippen molar-refractivity contribution in [3.05, 3.63) is 34.6 Å². The van der Waals surface area contributed by atoms with Gasteiger partial charge < -0.3 is 20.4 Å². The van der Waals surface area contributed by atoms with Crippen molar-refractivity contribution in [3.8, 4) is 0 Å². The van der Waals surface area contributed by atoms with Crippen LogP contribution < -0.4 is 16.0 Å². The number of benzene rings is 1. The summed E-state index contributed by atoms with van der Waals surface area (Å²) in [6.07, 6.45) is 1.19. The number of nitrogen functional groups attached to an aromatic ring is 1. The second-order valence-corrected chi connectivity index (χ2v) is 10.3. The van der Waals surface area contributed by atoms with Gasteiger partial charge in [0.1, 0.15) is 6.26 Å². The van der Waals surface area contributed by atoms with Gasteiger partial charge in [0.15, 0.2) is 5.69 Å². The lowest BCUT2D eigenvalue weighted by Gasteiger charge is -2.36. The second-order valence-electron chi connectivity index (χ2n) is 7.11. The summed E-state index contributed by atoms with van der Waals surface area (Å²) in [7, 11) is -3.33. The highest BCUT2D eigenvalue weighted by Gasteiger charge is 2.28. The molecule has 2 aromatic rings. The lowest BCUT2D eigenvalue weighted by atomic mass is 10.2. The standard InChI is InChI=1S/C18H23BrClN5O4S/c1-12(9-20)11-30(27,28)25-6-4-24(5-7-25)13-2-3-14(19)15(8-13)22-17(26)16-10-29-18(21)23-16/h2-3,8,10,12H,4-7,9,11H2,1H3,(H2,21,23)(H,22,26). The largest absolute Gasteiger partial charge is 0.431 e. The van der Waals surface area contributed by atoms with Gasteiger partial charge >= 0.3 is 0 Å². The van der Waals surface area contributed by atoms with Crippen LogP contribution in [0.2, 0.25) is 0 Å². The van der Waals surface area contributed by atoms with Gasteiger partial charge in [-0.3, -0.25) is 4.79 Å².